The number of benzene rings is 1. The highest BCUT2D eigenvalue weighted by atomic mass is 16.6. The lowest BCUT2D eigenvalue weighted by Crippen LogP contribution is -2.31. The number of nitriles is 1. The number of nitrogens with zero attached hydrogens (tertiary/aromatic N) is 4. The molecular weight excluding hydrogens is 354 g/mol. The number of nitro groups is 1. The van der Waals surface area contributed by atoms with Crippen LogP contribution in [0, 0.1) is 35.3 Å². The van der Waals surface area contributed by atoms with Crippen molar-refractivity contribution in [3.63, 3.8) is 0 Å². The number of amides is 1. The molecular formula is C17H17N5O5. The van der Waals surface area contributed by atoms with E-state index in [1.54, 1.807) is 24.3 Å². The van der Waals surface area contributed by atoms with Gasteiger partial charge in [-0.2, -0.15) is 10.4 Å². The van der Waals surface area contributed by atoms with Gasteiger partial charge in [0.15, 0.2) is 6.10 Å². The normalized spacial score (nSPS) is 11.3. The first kappa shape index (κ1) is 19.6. The lowest BCUT2D eigenvalue weighted by Gasteiger charge is -2.14. The smallest absolute Gasteiger partial charge is 0.328 e. The van der Waals surface area contributed by atoms with Crippen molar-refractivity contribution in [3.8, 4) is 6.07 Å². The van der Waals surface area contributed by atoms with Gasteiger partial charge in [0.2, 0.25) is 0 Å². The van der Waals surface area contributed by atoms with E-state index in [1.807, 2.05) is 6.07 Å². The van der Waals surface area contributed by atoms with Crippen molar-refractivity contribution in [2.75, 3.05) is 5.32 Å². The molecule has 1 atom stereocenters. The van der Waals surface area contributed by atoms with E-state index in [4.69, 9.17) is 10.00 Å². The summed E-state index contributed by atoms with van der Waals surface area (Å²) in [6.07, 6.45) is -1.13. The molecule has 1 heterocycles. The summed E-state index contributed by atoms with van der Waals surface area (Å²) in [6.45, 7) is 3.95. The van der Waals surface area contributed by atoms with Gasteiger partial charge in [-0.3, -0.25) is 24.4 Å². The van der Waals surface area contributed by atoms with E-state index in [2.05, 4.69) is 10.4 Å². The molecule has 2 rings (SSSR count). The number of esters is 1. The molecule has 0 aliphatic carbocycles. The van der Waals surface area contributed by atoms with Gasteiger partial charge in [0.1, 0.15) is 24.0 Å². The number of para-hydroxylation sites is 1. The van der Waals surface area contributed by atoms with E-state index < -0.39 is 22.9 Å². The number of hydrogen-bond donors (Lipinski definition) is 1. The van der Waals surface area contributed by atoms with Crippen LogP contribution in [-0.2, 0) is 20.9 Å². The Morgan fingerprint density at radius 2 is 2.07 bits per heavy atom. The fourth-order valence-corrected chi connectivity index (χ4v) is 2.44. The number of nitrogens with one attached hydrogen (secondary N) is 1. The van der Waals surface area contributed by atoms with Crippen molar-refractivity contribution >= 4 is 23.3 Å². The molecule has 0 saturated heterocycles. The molecule has 10 nitrogen and oxygen atoms in total. The molecule has 0 unspecified atom stereocenters. The van der Waals surface area contributed by atoms with Crippen LogP contribution in [0.4, 0.5) is 11.4 Å². The molecule has 0 aliphatic heterocycles. The third kappa shape index (κ3) is 4.46. The average molecular weight is 371 g/mol. The summed E-state index contributed by atoms with van der Waals surface area (Å²) >= 11 is 0. The number of aromatic nitrogens is 2. The molecule has 0 aliphatic rings. The monoisotopic (exact) mass is 371 g/mol. The van der Waals surface area contributed by atoms with Crippen LogP contribution in [0.3, 0.4) is 0 Å². The third-order valence-electron chi connectivity index (χ3n) is 3.79. The van der Waals surface area contributed by atoms with Gasteiger partial charge < -0.3 is 10.1 Å². The van der Waals surface area contributed by atoms with Crippen LogP contribution >= 0.6 is 0 Å². The highest BCUT2D eigenvalue weighted by molar-refractivity contribution is 5.96. The quantitative estimate of drug-likeness (QED) is 0.464. The highest BCUT2D eigenvalue weighted by Crippen LogP contribution is 2.21. The molecule has 1 aromatic heterocycles. The van der Waals surface area contributed by atoms with E-state index in [1.165, 1.54) is 20.8 Å². The van der Waals surface area contributed by atoms with Crippen molar-refractivity contribution in [3.05, 3.63) is 51.3 Å². The molecule has 0 bridgehead atoms. The van der Waals surface area contributed by atoms with E-state index in [0.29, 0.717) is 5.69 Å². The fourth-order valence-electron chi connectivity index (χ4n) is 2.44. The Kier molecular flexibility index (Phi) is 5.87. The van der Waals surface area contributed by atoms with Gasteiger partial charge in [-0.25, -0.2) is 0 Å². The Hall–Kier alpha value is -3.74. The highest BCUT2D eigenvalue weighted by Gasteiger charge is 2.24. The van der Waals surface area contributed by atoms with Crippen LogP contribution in [0.1, 0.15) is 23.9 Å². The standard InChI is InChI=1S/C17H17N5O5/c1-10-16(22(25)26)11(2)21(20-10)9-15(23)27-12(3)17(24)19-14-7-5-4-6-13(14)8-18/h4-7,12H,9H2,1-3H3,(H,19,24)/t12-/m0/s1. The number of aryl methyl sites for hydroxylation is 1. The van der Waals surface area contributed by atoms with Gasteiger partial charge in [-0.15, -0.1) is 0 Å². The molecule has 0 saturated carbocycles. The summed E-state index contributed by atoms with van der Waals surface area (Å²) in [7, 11) is 0. The van der Waals surface area contributed by atoms with Crippen LogP contribution in [0.15, 0.2) is 24.3 Å². The second-order valence-electron chi connectivity index (χ2n) is 5.71. The Morgan fingerprint density at radius 1 is 1.41 bits per heavy atom. The first-order chi connectivity index (χ1) is 12.7. The van der Waals surface area contributed by atoms with Crippen molar-refractivity contribution in [2.45, 2.75) is 33.4 Å². The first-order valence-electron chi connectivity index (χ1n) is 7.92. The van der Waals surface area contributed by atoms with Gasteiger partial charge in [0, 0.05) is 0 Å². The minimum atomic E-state index is -1.13. The second-order valence-corrected chi connectivity index (χ2v) is 5.71. The van der Waals surface area contributed by atoms with E-state index in [9.17, 15) is 19.7 Å². The molecule has 10 heteroatoms. The van der Waals surface area contributed by atoms with Crippen LogP contribution in [-0.4, -0.2) is 32.7 Å². The molecule has 27 heavy (non-hydrogen) atoms. The molecule has 1 aromatic carbocycles. The first-order valence-corrected chi connectivity index (χ1v) is 7.92. The SMILES string of the molecule is Cc1nn(CC(=O)O[C@@H](C)C(=O)Nc2ccccc2C#N)c(C)c1[N+](=O)[O-]. The van der Waals surface area contributed by atoms with Crippen molar-refractivity contribution < 1.29 is 19.2 Å². The second kappa shape index (κ2) is 8.09. The zero-order valence-electron chi connectivity index (χ0n) is 14.9. The van der Waals surface area contributed by atoms with Crippen molar-refractivity contribution in [1.29, 1.82) is 5.26 Å². The number of anilines is 1. The van der Waals surface area contributed by atoms with Gasteiger partial charge in [-0.05, 0) is 32.9 Å². The van der Waals surface area contributed by atoms with Crippen LogP contribution in [0.5, 0.6) is 0 Å². The third-order valence-corrected chi connectivity index (χ3v) is 3.79. The minimum absolute atomic E-state index is 0.165. The van der Waals surface area contributed by atoms with E-state index >= 15 is 0 Å². The van der Waals surface area contributed by atoms with Crippen LogP contribution in [0.25, 0.3) is 0 Å². The van der Waals surface area contributed by atoms with Gasteiger partial charge in [0.05, 0.1) is 16.2 Å². The molecule has 140 valence electrons. The largest absolute Gasteiger partial charge is 0.451 e. The lowest BCUT2D eigenvalue weighted by atomic mass is 10.2. The van der Waals surface area contributed by atoms with Crippen molar-refractivity contribution in [1.82, 2.24) is 9.78 Å². The number of ether oxygens (including phenoxy) is 1. The molecule has 1 amide bonds. The Bertz CT molecular complexity index is 944. The number of carbonyl (C=O) groups is 2. The number of rotatable bonds is 6. The van der Waals surface area contributed by atoms with Crippen molar-refractivity contribution in [2.24, 2.45) is 0 Å². The summed E-state index contributed by atoms with van der Waals surface area (Å²) < 4.78 is 6.22. The Balaban J connectivity index is 2.01. The van der Waals surface area contributed by atoms with Crippen LogP contribution in [0.2, 0.25) is 0 Å². The van der Waals surface area contributed by atoms with Gasteiger partial charge in [-0.1, -0.05) is 12.1 Å². The summed E-state index contributed by atoms with van der Waals surface area (Å²) in [5, 5.41) is 26.5. The van der Waals surface area contributed by atoms with E-state index in [0.717, 1.165) is 4.68 Å². The summed E-state index contributed by atoms with van der Waals surface area (Å²) in [4.78, 5) is 34.7. The van der Waals surface area contributed by atoms with E-state index in [-0.39, 0.29) is 29.2 Å². The Labute approximate surface area is 154 Å². The molecule has 2 aromatic rings. The molecule has 0 spiro atoms. The zero-order valence-corrected chi connectivity index (χ0v) is 14.9. The maximum Gasteiger partial charge on any atom is 0.328 e. The maximum absolute atomic E-state index is 12.2. The summed E-state index contributed by atoms with van der Waals surface area (Å²) in [5.41, 5.74) is 0.821. The fraction of sp³-hybridized carbons (Fsp3) is 0.294. The predicted octanol–water partition coefficient (Wildman–Crippen LogP) is 1.85. The molecule has 0 radical (unpaired) electrons. The summed E-state index contributed by atoms with van der Waals surface area (Å²) in [5.74, 6) is -1.38. The minimum Gasteiger partial charge on any atom is -0.451 e. The summed E-state index contributed by atoms with van der Waals surface area (Å²) in [6, 6.07) is 8.36. The molecule has 1 N–H and O–H groups in total. The van der Waals surface area contributed by atoms with Gasteiger partial charge >= 0.3 is 11.7 Å². The average Bonchev–Trinajstić information content (AvgIpc) is 2.88. The zero-order chi connectivity index (χ0) is 20.1. The topological polar surface area (TPSA) is 140 Å². The van der Waals surface area contributed by atoms with Gasteiger partial charge in [0.25, 0.3) is 5.91 Å². The molecule has 0 fully saturated rings. The number of hydrogen-bond acceptors (Lipinski definition) is 7. The number of carbonyl (C=O) groups excluding carboxylic acids is 2. The maximum atomic E-state index is 12.2. The lowest BCUT2D eigenvalue weighted by molar-refractivity contribution is -0.386. The van der Waals surface area contributed by atoms with Crippen LogP contribution < -0.4 is 5.32 Å². The Morgan fingerprint density at radius 3 is 2.67 bits per heavy atom. The predicted molar refractivity (Wildman–Crippen MR) is 93.7 cm³/mol.